The fourth-order valence-corrected chi connectivity index (χ4v) is 2.84. The van der Waals surface area contributed by atoms with Crippen LogP contribution in [0.5, 0.6) is 0 Å². The molecule has 0 saturated heterocycles. The Bertz CT molecular complexity index is 359. The van der Waals surface area contributed by atoms with Crippen LogP contribution in [0.1, 0.15) is 32.3 Å². The minimum atomic E-state index is -0.712. The monoisotopic (exact) mass is 252 g/mol. The van der Waals surface area contributed by atoms with Crippen LogP contribution in [0.2, 0.25) is 0 Å². The third-order valence-corrected chi connectivity index (χ3v) is 4.25. The molecule has 17 heavy (non-hydrogen) atoms. The first-order valence-electron chi connectivity index (χ1n) is 6.00. The predicted octanol–water partition coefficient (Wildman–Crippen LogP) is 3.98. The van der Waals surface area contributed by atoms with Crippen molar-refractivity contribution in [1.82, 2.24) is 0 Å². The first kappa shape index (κ1) is 14.1. The Hall–Kier alpha value is -0.960. The van der Waals surface area contributed by atoms with Crippen LogP contribution >= 0.6 is 11.8 Å². The minimum Gasteiger partial charge on any atom is -0.480 e. The zero-order valence-corrected chi connectivity index (χ0v) is 11.5. The third kappa shape index (κ3) is 4.43. The molecule has 0 aliphatic carbocycles. The summed E-state index contributed by atoms with van der Waals surface area (Å²) in [6.07, 6.45) is 1.98. The standard InChI is InChI=1S/C14H20O2S/c1-4-5-11(3)13(14(15)16)17-12-8-6-10(2)7-9-12/h6-9,11,13H,4-5H2,1-3H3,(H,15,16). The number of hydrogen-bond acceptors (Lipinski definition) is 2. The van der Waals surface area contributed by atoms with Crippen molar-refractivity contribution in [3.63, 3.8) is 0 Å². The van der Waals surface area contributed by atoms with Gasteiger partial charge in [-0.25, -0.2) is 0 Å². The van der Waals surface area contributed by atoms with E-state index in [1.54, 1.807) is 0 Å². The van der Waals surface area contributed by atoms with Crippen LogP contribution in [0, 0.1) is 12.8 Å². The number of aliphatic carboxylic acids is 1. The Balaban J connectivity index is 2.73. The molecule has 0 saturated carbocycles. The molecule has 0 fully saturated rings. The molecule has 1 rings (SSSR count). The average molecular weight is 252 g/mol. The number of rotatable bonds is 6. The van der Waals surface area contributed by atoms with Crippen molar-refractivity contribution in [3.8, 4) is 0 Å². The lowest BCUT2D eigenvalue weighted by Crippen LogP contribution is -2.24. The molecular formula is C14H20O2S. The van der Waals surface area contributed by atoms with E-state index in [-0.39, 0.29) is 11.2 Å². The van der Waals surface area contributed by atoms with Gasteiger partial charge in [0.2, 0.25) is 0 Å². The molecule has 0 bridgehead atoms. The minimum absolute atomic E-state index is 0.198. The van der Waals surface area contributed by atoms with Gasteiger partial charge in [-0.2, -0.15) is 0 Å². The first-order valence-corrected chi connectivity index (χ1v) is 6.88. The first-order chi connectivity index (χ1) is 8.04. The normalized spacial score (nSPS) is 14.3. The maximum atomic E-state index is 11.3. The largest absolute Gasteiger partial charge is 0.480 e. The maximum Gasteiger partial charge on any atom is 0.317 e. The second-order valence-corrected chi connectivity index (χ2v) is 5.67. The molecule has 1 N–H and O–H groups in total. The van der Waals surface area contributed by atoms with E-state index < -0.39 is 5.97 Å². The average Bonchev–Trinajstić information content (AvgIpc) is 2.28. The summed E-state index contributed by atoms with van der Waals surface area (Å²) in [5, 5.41) is 8.92. The maximum absolute atomic E-state index is 11.3. The summed E-state index contributed by atoms with van der Waals surface area (Å²) in [4.78, 5) is 12.3. The molecule has 0 aliphatic heterocycles. The number of benzene rings is 1. The number of carbonyl (C=O) groups is 1. The van der Waals surface area contributed by atoms with Gasteiger partial charge >= 0.3 is 5.97 Å². The Labute approximate surface area is 107 Å². The van der Waals surface area contributed by atoms with E-state index in [9.17, 15) is 9.90 Å². The van der Waals surface area contributed by atoms with Crippen molar-refractivity contribution in [1.29, 1.82) is 0 Å². The van der Waals surface area contributed by atoms with Crippen LogP contribution < -0.4 is 0 Å². The second kappa shape index (κ2) is 6.70. The molecule has 2 unspecified atom stereocenters. The third-order valence-electron chi connectivity index (χ3n) is 2.79. The highest BCUT2D eigenvalue weighted by Crippen LogP contribution is 2.30. The summed E-state index contributed by atoms with van der Waals surface area (Å²) in [7, 11) is 0. The summed E-state index contributed by atoms with van der Waals surface area (Å²) in [6.45, 7) is 6.14. The molecule has 0 radical (unpaired) electrons. The number of thioether (sulfide) groups is 1. The Kier molecular flexibility index (Phi) is 5.56. The summed E-state index contributed by atoms with van der Waals surface area (Å²) in [6, 6.07) is 8.03. The quantitative estimate of drug-likeness (QED) is 0.778. The lowest BCUT2D eigenvalue weighted by Gasteiger charge is -2.19. The highest BCUT2D eigenvalue weighted by atomic mass is 32.2. The Morgan fingerprint density at radius 1 is 1.35 bits per heavy atom. The van der Waals surface area contributed by atoms with Crippen molar-refractivity contribution in [2.24, 2.45) is 5.92 Å². The van der Waals surface area contributed by atoms with Gasteiger partial charge in [0.15, 0.2) is 0 Å². The topological polar surface area (TPSA) is 37.3 Å². The number of carboxylic acid groups (broad SMARTS) is 1. The van der Waals surface area contributed by atoms with E-state index in [1.165, 1.54) is 17.3 Å². The van der Waals surface area contributed by atoms with E-state index in [0.717, 1.165) is 17.7 Å². The molecule has 94 valence electrons. The molecule has 0 heterocycles. The van der Waals surface area contributed by atoms with E-state index >= 15 is 0 Å². The molecule has 0 spiro atoms. The zero-order valence-electron chi connectivity index (χ0n) is 10.6. The Morgan fingerprint density at radius 2 is 1.94 bits per heavy atom. The molecule has 0 amide bonds. The van der Waals surface area contributed by atoms with Gasteiger partial charge in [-0.15, -0.1) is 11.8 Å². The van der Waals surface area contributed by atoms with Crippen molar-refractivity contribution in [2.45, 2.75) is 43.8 Å². The second-order valence-electron chi connectivity index (χ2n) is 4.46. The summed E-state index contributed by atoms with van der Waals surface area (Å²) in [5.74, 6) is -0.514. The van der Waals surface area contributed by atoms with Crippen LogP contribution in [-0.2, 0) is 4.79 Å². The van der Waals surface area contributed by atoms with E-state index in [1.807, 2.05) is 38.1 Å². The van der Waals surface area contributed by atoms with Gasteiger partial charge in [0, 0.05) is 4.90 Å². The van der Waals surface area contributed by atoms with E-state index in [0.29, 0.717) is 0 Å². The molecular weight excluding hydrogens is 232 g/mol. The van der Waals surface area contributed by atoms with Crippen molar-refractivity contribution >= 4 is 17.7 Å². The molecule has 2 nitrogen and oxygen atoms in total. The molecule has 3 heteroatoms. The van der Waals surface area contributed by atoms with Crippen molar-refractivity contribution in [3.05, 3.63) is 29.8 Å². The Morgan fingerprint density at radius 3 is 2.41 bits per heavy atom. The van der Waals surface area contributed by atoms with Crippen LogP contribution in [0.3, 0.4) is 0 Å². The highest BCUT2D eigenvalue weighted by molar-refractivity contribution is 8.00. The highest BCUT2D eigenvalue weighted by Gasteiger charge is 2.25. The van der Waals surface area contributed by atoms with Gasteiger partial charge in [0.25, 0.3) is 0 Å². The van der Waals surface area contributed by atoms with Crippen LogP contribution in [0.4, 0.5) is 0 Å². The van der Waals surface area contributed by atoms with Gasteiger partial charge in [0.05, 0.1) is 0 Å². The van der Waals surface area contributed by atoms with Gasteiger partial charge in [-0.05, 0) is 31.4 Å². The lowest BCUT2D eigenvalue weighted by molar-refractivity contribution is -0.137. The SMILES string of the molecule is CCCC(C)C(Sc1ccc(C)cc1)C(=O)O. The number of hydrogen-bond donors (Lipinski definition) is 1. The van der Waals surface area contributed by atoms with Gasteiger partial charge in [0.1, 0.15) is 5.25 Å². The summed E-state index contributed by atoms with van der Waals surface area (Å²) >= 11 is 1.45. The summed E-state index contributed by atoms with van der Waals surface area (Å²) in [5.41, 5.74) is 1.20. The van der Waals surface area contributed by atoms with Gasteiger partial charge in [-0.3, -0.25) is 4.79 Å². The summed E-state index contributed by atoms with van der Waals surface area (Å²) < 4.78 is 0. The number of carboxylic acids is 1. The van der Waals surface area contributed by atoms with Gasteiger partial charge in [-0.1, -0.05) is 38.0 Å². The van der Waals surface area contributed by atoms with Crippen molar-refractivity contribution in [2.75, 3.05) is 0 Å². The van der Waals surface area contributed by atoms with Crippen LogP contribution in [0.25, 0.3) is 0 Å². The van der Waals surface area contributed by atoms with E-state index in [4.69, 9.17) is 0 Å². The molecule has 2 atom stereocenters. The molecule has 1 aromatic carbocycles. The predicted molar refractivity (Wildman–Crippen MR) is 72.5 cm³/mol. The van der Waals surface area contributed by atoms with E-state index in [2.05, 4.69) is 6.92 Å². The molecule has 0 aromatic heterocycles. The number of aryl methyl sites for hydroxylation is 1. The fourth-order valence-electron chi connectivity index (χ4n) is 1.78. The molecule has 1 aromatic rings. The fraction of sp³-hybridized carbons (Fsp3) is 0.500. The smallest absolute Gasteiger partial charge is 0.317 e. The zero-order chi connectivity index (χ0) is 12.8. The van der Waals surface area contributed by atoms with Gasteiger partial charge < -0.3 is 5.11 Å². The van der Waals surface area contributed by atoms with Crippen LogP contribution in [0.15, 0.2) is 29.2 Å². The van der Waals surface area contributed by atoms with Crippen molar-refractivity contribution < 1.29 is 9.90 Å². The lowest BCUT2D eigenvalue weighted by atomic mass is 10.0. The molecule has 0 aliphatic rings. The van der Waals surface area contributed by atoms with Crippen LogP contribution in [-0.4, -0.2) is 16.3 Å².